The van der Waals surface area contributed by atoms with Crippen LogP contribution in [0.3, 0.4) is 0 Å². The van der Waals surface area contributed by atoms with Gasteiger partial charge in [0.25, 0.3) is 11.8 Å². The van der Waals surface area contributed by atoms with Crippen molar-refractivity contribution in [3.63, 3.8) is 0 Å². The number of amides is 2. The first-order valence-electron chi connectivity index (χ1n) is 10.1. The maximum atomic E-state index is 13.1. The monoisotopic (exact) mass is 438 g/mol. The molecule has 162 valence electrons. The molecule has 0 bridgehead atoms. The summed E-state index contributed by atoms with van der Waals surface area (Å²) in [5.74, 6) is -0.209. The van der Waals surface area contributed by atoms with Crippen LogP contribution in [-0.2, 0) is 6.54 Å². The van der Waals surface area contributed by atoms with Gasteiger partial charge in [-0.15, -0.1) is 0 Å². The Kier molecular flexibility index (Phi) is 5.34. The lowest BCUT2D eigenvalue weighted by atomic mass is 10.1. The lowest BCUT2D eigenvalue weighted by Gasteiger charge is -2.10. The predicted molar refractivity (Wildman–Crippen MR) is 120 cm³/mol. The SMILES string of the molecule is O=C(NNC(=O)c1cc(-c2cccnc2)nc2c1cnn2Cc1ccco1)c1ccccc1. The molecule has 5 rings (SSSR count). The van der Waals surface area contributed by atoms with Gasteiger partial charge in [0, 0.05) is 23.5 Å². The number of hydrogen-bond acceptors (Lipinski definition) is 6. The summed E-state index contributed by atoms with van der Waals surface area (Å²) in [6.45, 7) is 0.353. The average molecular weight is 438 g/mol. The van der Waals surface area contributed by atoms with Crippen LogP contribution in [0.2, 0.25) is 0 Å². The molecule has 2 amide bonds. The van der Waals surface area contributed by atoms with Crippen LogP contribution in [0.5, 0.6) is 0 Å². The molecule has 0 aliphatic carbocycles. The molecule has 33 heavy (non-hydrogen) atoms. The molecule has 0 aliphatic rings. The minimum atomic E-state index is -0.491. The number of nitrogens with zero attached hydrogens (tertiary/aromatic N) is 4. The van der Waals surface area contributed by atoms with Gasteiger partial charge >= 0.3 is 0 Å². The highest BCUT2D eigenvalue weighted by atomic mass is 16.3. The summed E-state index contributed by atoms with van der Waals surface area (Å²) in [5, 5.41) is 4.94. The van der Waals surface area contributed by atoms with Crippen molar-refractivity contribution < 1.29 is 14.0 Å². The number of benzene rings is 1. The molecule has 9 heteroatoms. The molecule has 0 saturated heterocycles. The highest BCUT2D eigenvalue weighted by Gasteiger charge is 2.19. The van der Waals surface area contributed by atoms with E-state index < -0.39 is 11.8 Å². The van der Waals surface area contributed by atoms with E-state index >= 15 is 0 Å². The zero-order valence-corrected chi connectivity index (χ0v) is 17.3. The van der Waals surface area contributed by atoms with Crippen LogP contribution < -0.4 is 10.9 Å². The second kappa shape index (κ2) is 8.75. The summed E-state index contributed by atoms with van der Waals surface area (Å²) in [4.78, 5) is 34.3. The summed E-state index contributed by atoms with van der Waals surface area (Å²) in [6.07, 6.45) is 6.49. The van der Waals surface area contributed by atoms with Crippen molar-refractivity contribution in [1.82, 2.24) is 30.6 Å². The Morgan fingerprint density at radius 2 is 1.79 bits per heavy atom. The number of pyridine rings is 2. The second-order valence-corrected chi connectivity index (χ2v) is 7.19. The van der Waals surface area contributed by atoms with E-state index in [1.807, 2.05) is 18.2 Å². The molecule has 0 radical (unpaired) electrons. The molecule has 0 unspecified atom stereocenters. The smallest absolute Gasteiger partial charge is 0.270 e. The van der Waals surface area contributed by atoms with E-state index in [1.54, 1.807) is 72.0 Å². The van der Waals surface area contributed by atoms with E-state index in [0.29, 0.717) is 40.2 Å². The summed E-state index contributed by atoms with van der Waals surface area (Å²) in [6, 6.07) is 17.6. The molecule has 4 aromatic heterocycles. The van der Waals surface area contributed by atoms with Gasteiger partial charge in [-0.1, -0.05) is 18.2 Å². The van der Waals surface area contributed by atoms with Crippen LogP contribution in [0, 0.1) is 0 Å². The minimum Gasteiger partial charge on any atom is -0.467 e. The molecule has 9 nitrogen and oxygen atoms in total. The van der Waals surface area contributed by atoms with Crippen LogP contribution in [-0.4, -0.2) is 31.6 Å². The number of hydrogen-bond donors (Lipinski definition) is 2. The fourth-order valence-corrected chi connectivity index (χ4v) is 3.41. The topological polar surface area (TPSA) is 115 Å². The van der Waals surface area contributed by atoms with Crippen molar-refractivity contribution in [3.05, 3.63) is 102 Å². The maximum absolute atomic E-state index is 13.1. The predicted octanol–water partition coefficient (Wildman–Crippen LogP) is 3.21. The van der Waals surface area contributed by atoms with Crippen molar-refractivity contribution in [2.75, 3.05) is 0 Å². The van der Waals surface area contributed by atoms with Gasteiger partial charge in [0.1, 0.15) is 12.3 Å². The van der Waals surface area contributed by atoms with E-state index in [9.17, 15) is 9.59 Å². The third-order valence-corrected chi connectivity index (χ3v) is 5.02. The van der Waals surface area contributed by atoms with E-state index in [4.69, 9.17) is 9.40 Å². The van der Waals surface area contributed by atoms with Crippen molar-refractivity contribution in [2.24, 2.45) is 0 Å². The average Bonchev–Trinajstić information content (AvgIpc) is 3.53. The third kappa shape index (κ3) is 4.19. The number of nitrogens with one attached hydrogen (secondary N) is 2. The van der Waals surface area contributed by atoms with E-state index in [0.717, 1.165) is 5.56 Å². The summed E-state index contributed by atoms with van der Waals surface area (Å²) >= 11 is 0. The van der Waals surface area contributed by atoms with Gasteiger partial charge in [0.05, 0.1) is 29.1 Å². The Bertz CT molecular complexity index is 1410. The van der Waals surface area contributed by atoms with Gasteiger partial charge in [-0.25, -0.2) is 9.67 Å². The van der Waals surface area contributed by atoms with Gasteiger partial charge < -0.3 is 4.42 Å². The van der Waals surface area contributed by atoms with Gasteiger partial charge in [-0.2, -0.15) is 5.10 Å². The molecular formula is C24H18N6O3. The zero-order valence-electron chi connectivity index (χ0n) is 17.3. The van der Waals surface area contributed by atoms with E-state index in [2.05, 4.69) is 20.9 Å². The number of carbonyl (C=O) groups is 2. The molecule has 5 aromatic rings. The van der Waals surface area contributed by atoms with Gasteiger partial charge in [0.15, 0.2) is 5.65 Å². The number of fused-ring (bicyclic) bond motifs is 1. The fraction of sp³-hybridized carbons (Fsp3) is 0.0417. The van der Waals surface area contributed by atoms with Gasteiger partial charge in [-0.3, -0.25) is 25.4 Å². The lowest BCUT2D eigenvalue weighted by Crippen LogP contribution is -2.41. The van der Waals surface area contributed by atoms with Crippen molar-refractivity contribution >= 4 is 22.8 Å². The molecule has 2 N–H and O–H groups in total. The first-order chi connectivity index (χ1) is 16.2. The van der Waals surface area contributed by atoms with Crippen LogP contribution >= 0.6 is 0 Å². The molecule has 0 aliphatic heterocycles. The van der Waals surface area contributed by atoms with Gasteiger partial charge in [-0.05, 0) is 42.5 Å². The molecule has 0 saturated carbocycles. The lowest BCUT2D eigenvalue weighted by molar-refractivity contribution is 0.0847. The maximum Gasteiger partial charge on any atom is 0.270 e. The molecular weight excluding hydrogens is 420 g/mol. The summed E-state index contributed by atoms with van der Waals surface area (Å²) in [5.41, 5.74) is 7.49. The van der Waals surface area contributed by atoms with Gasteiger partial charge in [0.2, 0.25) is 0 Å². The minimum absolute atomic E-state index is 0.318. The summed E-state index contributed by atoms with van der Waals surface area (Å²) < 4.78 is 7.09. The van der Waals surface area contributed by atoms with E-state index in [1.165, 1.54) is 0 Å². The Morgan fingerprint density at radius 3 is 2.55 bits per heavy atom. The van der Waals surface area contributed by atoms with Crippen molar-refractivity contribution in [3.8, 4) is 11.3 Å². The largest absolute Gasteiger partial charge is 0.467 e. The van der Waals surface area contributed by atoms with Crippen LogP contribution in [0.15, 0.2) is 89.9 Å². The Balaban J connectivity index is 1.50. The second-order valence-electron chi connectivity index (χ2n) is 7.19. The van der Waals surface area contributed by atoms with Crippen LogP contribution in [0.4, 0.5) is 0 Å². The number of furan rings is 1. The highest BCUT2D eigenvalue weighted by Crippen LogP contribution is 2.25. The first-order valence-corrected chi connectivity index (χ1v) is 10.1. The van der Waals surface area contributed by atoms with E-state index in [-0.39, 0.29) is 0 Å². The third-order valence-electron chi connectivity index (χ3n) is 5.02. The standard InChI is InChI=1S/C24H18N6O3/c31-23(16-6-2-1-3-7-16)28-29-24(32)19-12-21(17-8-4-10-25-13-17)27-22-20(19)14-26-30(22)15-18-9-5-11-33-18/h1-14H,15H2,(H,28,31)(H,29,32). The number of aromatic nitrogens is 4. The highest BCUT2D eigenvalue weighted by molar-refractivity contribution is 6.07. The quantitative estimate of drug-likeness (QED) is 0.407. The summed E-state index contributed by atoms with van der Waals surface area (Å²) in [7, 11) is 0. The van der Waals surface area contributed by atoms with Crippen molar-refractivity contribution in [1.29, 1.82) is 0 Å². The molecule has 0 atom stereocenters. The fourth-order valence-electron chi connectivity index (χ4n) is 3.41. The molecule has 4 heterocycles. The Labute approximate surface area is 188 Å². The van der Waals surface area contributed by atoms with Crippen LogP contribution in [0.25, 0.3) is 22.3 Å². The molecule has 1 aromatic carbocycles. The molecule has 0 spiro atoms. The molecule has 0 fully saturated rings. The first kappa shape index (κ1) is 20.1. The number of hydrazine groups is 1. The number of rotatable bonds is 5. The number of carbonyl (C=O) groups excluding carboxylic acids is 2. The normalized spacial score (nSPS) is 10.8. The Morgan fingerprint density at radius 1 is 0.939 bits per heavy atom. The van der Waals surface area contributed by atoms with Crippen LogP contribution in [0.1, 0.15) is 26.5 Å². The zero-order chi connectivity index (χ0) is 22.6. The van der Waals surface area contributed by atoms with Crippen molar-refractivity contribution in [2.45, 2.75) is 6.54 Å². The Hall–Kier alpha value is -4.79.